The Morgan fingerprint density at radius 2 is 1.40 bits per heavy atom. The zero-order valence-electron chi connectivity index (χ0n) is 5.02. The molecular formula is C4H6N4S2. The summed E-state index contributed by atoms with van der Waals surface area (Å²) in [5, 5.41) is 1.53. The van der Waals surface area contributed by atoms with E-state index in [4.69, 9.17) is 11.5 Å². The van der Waals surface area contributed by atoms with Crippen molar-refractivity contribution in [3.05, 3.63) is 0 Å². The van der Waals surface area contributed by atoms with E-state index in [1.807, 2.05) is 0 Å². The van der Waals surface area contributed by atoms with Crippen LogP contribution in [0, 0.1) is 0 Å². The Bertz CT molecular complexity index is 199. The molecule has 2 aliphatic rings. The smallest absolute Gasteiger partial charge is 0.157 e. The van der Waals surface area contributed by atoms with E-state index in [9.17, 15) is 0 Å². The molecule has 0 amide bonds. The number of aliphatic imine (C=N–C) groups is 2. The Morgan fingerprint density at radius 3 is 1.80 bits per heavy atom. The first-order valence-corrected chi connectivity index (χ1v) is 4.51. The molecule has 2 heterocycles. The van der Waals surface area contributed by atoms with Crippen molar-refractivity contribution in [2.75, 3.05) is 0 Å². The average Bonchev–Trinajstić information content (AvgIpc) is 2.21. The van der Waals surface area contributed by atoms with Gasteiger partial charge in [0, 0.05) is 0 Å². The summed E-state index contributed by atoms with van der Waals surface area (Å²) in [6.45, 7) is 0. The van der Waals surface area contributed by atoms with Gasteiger partial charge in [-0.05, 0) is 0 Å². The van der Waals surface area contributed by atoms with Crippen LogP contribution in [-0.2, 0) is 0 Å². The first-order valence-electron chi connectivity index (χ1n) is 2.75. The zero-order valence-corrected chi connectivity index (χ0v) is 6.65. The molecule has 4 nitrogen and oxygen atoms in total. The van der Waals surface area contributed by atoms with E-state index < -0.39 is 0 Å². The molecule has 2 atom stereocenters. The normalized spacial score (nSPS) is 37.2. The molecule has 6 heteroatoms. The van der Waals surface area contributed by atoms with Crippen LogP contribution < -0.4 is 11.5 Å². The van der Waals surface area contributed by atoms with Crippen molar-refractivity contribution in [3.8, 4) is 0 Å². The molecule has 0 saturated heterocycles. The van der Waals surface area contributed by atoms with Crippen molar-refractivity contribution in [2.24, 2.45) is 21.5 Å². The third kappa shape index (κ3) is 0.873. The predicted molar refractivity (Wildman–Crippen MR) is 46.0 cm³/mol. The van der Waals surface area contributed by atoms with Gasteiger partial charge in [-0.15, -0.1) is 0 Å². The fourth-order valence-corrected chi connectivity index (χ4v) is 2.85. The number of hydrogen-bond acceptors (Lipinski definition) is 6. The van der Waals surface area contributed by atoms with Crippen molar-refractivity contribution in [1.29, 1.82) is 0 Å². The minimum Gasteiger partial charge on any atom is -0.378 e. The highest BCUT2D eigenvalue weighted by Crippen LogP contribution is 2.37. The van der Waals surface area contributed by atoms with E-state index in [1.165, 1.54) is 23.5 Å². The highest BCUT2D eigenvalue weighted by Gasteiger charge is 2.34. The summed E-state index contributed by atoms with van der Waals surface area (Å²) < 4.78 is 0. The summed E-state index contributed by atoms with van der Waals surface area (Å²) in [5.74, 6) is 0. The summed E-state index contributed by atoms with van der Waals surface area (Å²) >= 11 is 2.96. The molecule has 0 radical (unpaired) electrons. The fourth-order valence-electron chi connectivity index (χ4n) is 0.856. The van der Waals surface area contributed by atoms with E-state index in [0.717, 1.165) is 0 Å². The van der Waals surface area contributed by atoms with Crippen LogP contribution in [-0.4, -0.2) is 21.1 Å². The summed E-state index contributed by atoms with van der Waals surface area (Å²) in [6, 6.07) is 0. The topological polar surface area (TPSA) is 76.8 Å². The van der Waals surface area contributed by atoms with Gasteiger partial charge in [0.15, 0.2) is 10.3 Å². The number of rotatable bonds is 0. The molecule has 0 aromatic heterocycles. The lowest BCUT2D eigenvalue weighted by atomic mass is 10.6. The molecule has 0 aromatic rings. The molecule has 0 spiro atoms. The highest BCUT2D eigenvalue weighted by atomic mass is 32.2. The zero-order chi connectivity index (χ0) is 7.14. The molecular weight excluding hydrogens is 168 g/mol. The molecule has 2 unspecified atom stereocenters. The predicted octanol–water partition coefficient (Wildman–Crippen LogP) is -0.238. The second-order valence-electron chi connectivity index (χ2n) is 1.95. The van der Waals surface area contributed by atoms with Crippen LogP contribution in [0.15, 0.2) is 9.98 Å². The summed E-state index contributed by atoms with van der Waals surface area (Å²) in [7, 11) is 0. The second kappa shape index (κ2) is 2.06. The highest BCUT2D eigenvalue weighted by molar-refractivity contribution is 8.19. The summed E-state index contributed by atoms with van der Waals surface area (Å²) in [4.78, 5) is 8.25. The third-order valence-corrected chi connectivity index (χ3v) is 3.31. The number of thioether (sulfide) groups is 2. The van der Waals surface area contributed by atoms with Gasteiger partial charge in [-0.3, -0.25) is 0 Å². The van der Waals surface area contributed by atoms with Gasteiger partial charge in [0.25, 0.3) is 0 Å². The van der Waals surface area contributed by atoms with Crippen LogP contribution in [0.4, 0.5) is 0 Å². The Hall–Kier alpha value is -0.360. The van der Waals surface area contributed by atoms with Crippen molar-refractivity contribution in [2.45, 2.75) is 10.7 Å². The average molecular weight is 174 g/mol. The molecule has 0 aromatic carbocycles. The molecule has 2 aliphatic heterocycles. The van der Waals surface area contributed by atoms with Gasteiger partial charge in [0.1, 0.15) is 10.7 Å². The first-order chi connectivity index (χ1) is 4.75. The van der Waals surface area contributed by atoms with Gasteiger partial charge in [0.2, 0.25) is 0 Å². The number of fused-ring (bicyclic) bond motifs is 1. The monoisotopic (exact) mass is 174 g/mol. The minimum atomic E-state index is 0.144. The van der Waals surface area contributed by atoms with Gasteiger partial charge in [-0.2, -0.15) is 0 Å². The van der Waals surface area contributed by atoms with Crippen molar-refractivity contribution >= 4 is 33.9 Å². The van der Waals surface area contributed by atoms with Gasteiger partial charge in [0.05, 0.1) is 0 Å². The Labute approximate surface area is 66.5 Å². The van der Waals surface area contributed by atoms with E-state index in [-0.39, 0.29) is 10.7 Å². The van der Waals surface area contributed by atoms with Gasteiger partial charge >= 0.3 is 0 Å². The van der Waals surface area contributed by atoms with Crippen LogP contribution in [0.5, 0.6) is 0 Å². The summed E-state index contributed by atoms with van der Waals surface area (Å²) in [5.41, 5.74) is 10.9. The lowest BCUT2D eigenvalue weighted by molar-refractivity contribution is 0.896. The van der Waals surface area contributed by atoms with Gasteiger partial charge in [-0.25, -0.2) is 9.98 Å². The fraction of sp³-hybridized carbons (Fsp3) is 0.500. The molecule has 2 rings (SSSR count). The SMILES string of the molecule is NC1=NC2SC(N)=NC2S1. The number of nitrogens with zero attached hydrogens (tertiary/aromatic N) is 2. The standard InChI is InChI=1S/C4H6N4S2/c5-3-7-1-2(10-3)8-4(6)9-1/h1-2H,(H2,5,7)(H2,6,8). The van der Waals surface area contributed by atoms with Crippen LogP contribution in [0.1, 0.15) is 0 Å². The van der Waals surface area contributed by atoms with E-state index in [0.29, 0.717) is 10.3 Å². The van der Waals surface area contributed by atoms with Gasteiger partial charge < -0.3 is 11.5 Å². The number of nitrogens with two attached hydrogens (primary N) is 2. The summed E-state index contributed by atoms with van der Waals surface area (Å²) in [6.07, 6.45) is 0. The van der Waals surface area contributed by atoms with Gasteiger partial charge in [-0.1, -0.05) is 23.5 Å². The lowest BCUT2D eigenvalue weighted by Gasteiger charge is -1.98. The van der Waals surface area contributed by atoms with Crippen molar-refractivity contribution in [1.82, 2.24) is 0 Å². The largest absolute Gasteiger partial charge is 0.378 e. The molecule has 54 valence electrons. The third-order valence-electron chi connectivity index (χ3n) is 1.24. The minimum absolute atomic E-state index is 0.144. The maximum Gasteiger partial charge on any atom is 0.157 e. The molecule has 0 bridgehead atoms. The molecule has 0 fully saturated rings. The molecule has 0 aliphatic carbocycles. The molecule has 10 heavy (non-hydrogen) atoms. The van der Waals surface area contributed by atoms with Crippen LogP contribution in [0.3, 0.4) is 0 Å². The maximum atomic E-state index is 5.46. The van der Waals surface area contributed by atoms with Crippen LogP contribution in [0.25, 0.3) is 0 Å². The number of amidine groups is 2. The Morgan fingerprint density at radius 1 is 1.00 bits per heavy atom. The van der Waals surface area contributed by atoms with E-state index in [2.05, 4.69) is 9.98 Å². The molecule has 0 saturated carbocycles. The van der Waals surface area contributed by atoms with Crippen LogP contribution >= 0.6 is 23.5 Å². The Balaban J connectivity index is 2.17. The first kappa shape index (κ1) is 6.36. The molecule has 4 N–H and O–H groups in total. The maximum absolute atomic E-state index is 5.46. The number of hydrogen-bond donors (Lipinski definition) is 2. The van der Waals surface area contributed by atoms with E-state index >= 15 is 0 Å². The van der Waals surface area contributed by atoms with Crippen molar-refractivity contribution in [3.63, 3.8) is 0 Å². The Kier molecular flexibility index (Phi) is 1.31. The van der Waals surface area contributed by atoms with Crippen LogP contribution in [0.2, 0.25) is 0 Å². The second-order valence-corrected chi connectivity index (χ2v) is 4.23. The van der Waals surface area contributed by atoms with E-state index in [1.54, 1.807) is 0 Å². The quantitative estimate of drug-likeness (QED) is 0.531. The lowest BCUT2D eigenvalue weighted by Crippen LogP contribution is -2.06. The van der Waals surface area contributed by atoms with Crippen molar-refractivity contribution < 1.29 is 0 Å².